The first-order chi connectivity index (χ1) is 12.5. The minimum Gasteiger partial charge on any atom is -0.484 e. The van der Waals surface area contributed by atoms with Crippen LogP contribution in [-0.4, -0.2) is 26.8 Å². The molecule has 0 unspecified atom stereocenters. The quantitative estimate of drug-likeness (QED) is 0.614. The average Bonchev–Trinajstić information content (AvgIpc) is 3.19. The molecule has 9 heteroatoms. The summed E-state index contributed by atoms with van der Waals surface area (Å²) in [5.41, 5.74) is 3.13. The van der Waals surface area contributed by atoms with E-state index in [1.807, 2.05) is 38.3 Å². The van der Waals surface area contributed by atoms with Gasteiger partial charge in [0.25, 0.3) is 11.1 Å². The fourth-order valence-electron chi connectivity index (χ4n) is 2.21. The van der Waals surface area contributed by atoms with Gasteiger partial charge >= 0.3 is 0 Å². The van der Waals surface area contributed by atoms with Crippen molar-refractivity contribution in [1.82, 2.24) is 15.2 Å². The highest BCUT2D eigenvalue weighted by atomic mass is 32.2. The number of nitrogens with zero attached hydrogens (tertiary/aromatic N) is 3. The minimum atomic E-state index is -0.171. The lowest BCUT2D eigenvalue weighted by atomic mass is 10.1. The van der Waals surface area contributed by atoms with Gasteiger partial charge in [-0.2, -0.15) is 0 Å². The molecule has 0 saturated heterocycles. The van der Waals surface area contributed by atoms with Gasteiger partial charge in [0.15, 0.2) is 11.7 Å². The van der Waals surface area contributed by atoms with Crippen molar-refractivity contribution >= 4 is 34.1 Å². The minimum absolute atomic E-state index is 0.165. The van der Waals surface area contributed by atoms with Crippen molar-refractivity contribution in [1.29, 1.82) is 0 Å². The highest BCUT2D eigenvalue weighted by Crippen LogP contribution is 2.20. The SMILES string of the molecule is Cc1cc(C)cc(OCc2nnc(SCC(=O)Nc3nc(C)cs3)o2)c1. The molecule has 1 aromatic carbocycles. The van der Waals surface area contributed by atoms with Gasteiger partial charge in [0.1, 0.15) is 5.75 Å². The largest absolute Gasteiger partial charge is 0.484 e. The van der Waals surface area contributed by atoms with Crippen molar-refractivity contribution in [2.24, 2.45) is 0 Å². The summed E-state index contributed by atoms with van der Waals surface area (Å²) < 4.78 is 11.2. The predicted octanol–water partition coefficient (Wildman–Crippen LogP) is 3.76. The Bertz CT molecular complexity index is 887. The molecule has 0 saturated carbocycles. The van der Waals surface area contributed by atoms with E-state index >= 15 is 0 Å². The van der Waals surface area contributed by atoms with E-state index in [2.05, 4.69) is 26.6 Å². The van der Waals surface area contributed by atoms with Crippen LogP contribution in [0.25, 0.3) is 0 Å². The zero-order valence-electron chi connectivity index (χ0n) is 14.6. The Balaban J connectivity index is 1.47. The van der Waals surface area contributed by atoms with Crippen molar-refractivity contribution < 1.29 is 13.9 Å². The monoisotopic (exact) mass is 390 g/mol. The summed E-state index contributed by atoms with van der Waals surface area (Å²) in [5, 5.41) is 13.4. The number of hydrogen-bond donors (Lipinski definition) is 1. The predicted molar refractivity (Wildman–Crippen MR) is 101 cm³/mol. The molecule has 0 spiro atoms. The van der Waals surface area contributed by atoms with E-state index in [0.717, 1.165) is 22.6 Å². The molecule has 0 aliphatic carbocycles. The standard InChI is InChI=1S/C17H18N4O3S2/c1-10-4-11(2)6-13(5-10)23-7-15-20-21-17(24-15)26-9-14(22)19-16-18-12(3)8-25-16/h4-6,8H,7,9H2,1-3H3,(H,18,19,22). The Labute approximate surface area is 159 Å². The van der Waals surface area contributed by atoms with Gasteiger partial charge in [-0.05, 0) is 44.0 Å². The summed E-state index contributed by atoms with van der Waals surface area (Å²) in [4.78, 5) is 16.1. The van der Waals surface area contributed by atoms with Crippen LogP contribution < -0.4 is 10.1 Å². The summed E-state index contributed by atoms with van der Waals surface area (Å²) >= 11 is 2.56. The maximum atomic E-state index is 11.9. The Kier molecular flexibility index (Phi) is 5.89. The van der Waals surface area contributed by atoms with E-state index in [1.54, 1.807) is 0 Å². The zero-order chi connectivity index (χ0) is 18.5. The second-order valence-electron chi connectivity index (χ2n) is 5.70. The first kappa shape index (κ1) is 18.4. The average molecular weight is 390 g/mol. The molecule has 0 radical (unpaired) electrons. The molecule has 1 amide bonds. The van der Waals surface area contributed by atoms with E-state index in [4.69, 9.17) is 9.15 Å². The summed E-state index contributed by atoms with van der Waals surface area (Å²) in [7, 11) is 0. The third kappa shape index (κ3) is 5.30. The summed E-state index contributed by atoms with van der Waals surface area (Å²) in [6, 6.07) is 5.97. The topological polar surface area (TPSA) is 90.1 Å². The Morgan fingerprint density at radius 2 is 2.00 bits per heavy atom. The summed E-state index contributed by atoms with van der Waals surface area (Å²) in [5.74, 6) is 1.12. The van der Waals surface area contributed by atoms with Crippen molar-refractivity contribution in [3.8, 4) is 5.75 Å². The number of nitrogens with one attached hydrogen (secondary N) is 1. The van der Waals surface area contributed by atoms with E-state index in [1.165, 1.54) is 23.1 Å². The first-order valence-electron chi connectivity index (χ1n) is 7.86. The molecule has 0 fully saturated rings. The number of thioether (sulfide) groups is 1. The number of aryl methyl sites for hydroxylation is 3. The number of ether oxygens (including phenoxy) is 1. The lowest BCUT2D eigenvalue weighted by Gasteiger charge is -2.05. The van der Waals surface area contributed by atoms with Crippen molar-refractivity contribution in [3.05, 3.63) is 46.3 Å². The summed E-state index contributed by atoms with van der Waals surface area (Å²) in [6.45, 7) is 6.08. The molecular weight excluding hydrogens is 372 g/mol. The lowest BCUT2D eigenvalue weighted by molar-refractivity contribution is -0.113. The number of amides is 1. The molecule has 26 heavy (non-hydrogen) atoms. The molecule has 136 valence electrons. The van der Waals surface area contributed by atoms with Crippen LogP contribution in [0.4, 0.5) is 5.13 Å². The maximum Gasteiger partial charge on any atom is 0.277 e. The lowest BCUT2D eigenvalue weighted by Crippen LogP contribution is -2.13. The number of thiazole rings is 1. The molecule has 2 heterocycles. The normalized spacial score (nSPS) is 10.7. The van der Waals surface area contributed by atoms with Crippen LogP contribution in [0.5, 0.6) is 5.75 Å². The van der Waals surface area contributed by atoms with Gasteiger partial charge in [-0.25, -0.2) is 4.98 Å². The zero-order valence-corrected chi connectivity index (χ0v) is 16.2. The Morgan fingerprint density at radius 1 is 1.23 bits per heavy atom. The number of carbonyl (C=O) groups excluding carboxylic acids is 1. The van der Waals surface area contributed by atoms with Crippen LogP contribution in [0.1, 0.15) is 22.7 Å². The summed E-state index contributed by atoms with van der Waals surface area (Å²) in [6.07, 6.45) is 0. The molecule has 0 atom stereocenters. The van der Waals surface area contributed by atoms with Gasteiger partial charge in [-0.3, -0.25) is 4.79 Å². The molecule has 2 aromatic heterocycles. The van der Waals surface area contributed by atoms with Gasteiger partial charge < -0.3 is 14.5 Å². The Morgan fingerprint density at radius 3 is 2.69 bits per heavy atom. The van der Waals surface area contributed by atoms with Gasteiger partial charge in [0.05, 0.1) is 11.4 Å². The van der Waals surface area contributed by atoms with Crippen LogP contribution in [0.15, 0.2) is 33.2 Å². The van der Waals surface area contributed by atoms with E-state index in [0.29, 0.717) is 16.2 Å². The van der Waals surface area contributed by atoms with Gasteiger partial charge in [-0.15, -0.1) is 21.5 Å². The highest BCUT2D eigenvalue weighted by Gasteiger charge is 2.11. The molecule has 0 bridgehead atoms. The molecule has 3 rings (SSSR count). The third-order valence-corrected chi connectivity index (χ3v) is 4.89. The molecule has 0 aliphatic heterocycles. The fraction of sp³-hybridized carbons (Fsp3) is 0.294. The Hall–Kier alpha value is -2.39. The maximum absolute atomic E-state index is 11.9. The van der Waals surface area contributed by atoms with Crippen LogP contribution in [0, 0.1) is 20.8 Å². The van der Waals surface area contributed by atoms with Gasteiger partial charge in [0.2, 0.25) is 5.91 Å². The number of aromatic nitrogens is 3. The van der Waals surface area contributed by atoms with Crippen molar-refractivity contribution in [2.75, 3.05) is 11.1 Å². The van der Waals surface area contributed by atoms with Gasteiger partial charge in [-0.1, -0.05) is 17.8 Å². The number of hydrogen-bond acceptors (Lipinski definition) is 8. The third-order valence-electron chi connectivity index (χ3n) is 3.20. The van der Waals surface area contributed by atoms with E-state index in [9.17, 15) is 4.79 Å². The first-order valence-corrected chi connectivity index (χ1v) is 9.73. The second kappa shape index (κ2) is 8.33. The molecular formula is C17H18N4O3S2. The number of rotatable bonds is 7. The van der Waals surface area contributed by atoms with Crippen LogP contribution in [0.2, 0.25) is 0 Å². The van der Waals surface area contributed by atoms with Gasteiger partial charge in [0, 0.05) is 5.38 Å². The molecule has 0 aliphatic rings. The second-order valence-corrected chi connectivity index (χ2v) is 7.49. The smallest absolute Gasteiger partial charge is 0.277 e. The van der Waals surface area contributed by atoms with Crippen LogP contribution in [0.3, 0.4) is 0 Å². The number of carbonyl (C=O) groups is 1. The number of benzene rings is 1. The molecule has 1 N–H and O–H groups in total. The highest BCUT2D eigenvalue weighted by molar-refractivity contribution is 7.99. The van der Waals surface area contributed by atoms with Crippen LogP contribution >= 0.6 is 23.1 Å². The van der Waals surface area contributed by atoms with Crippen LogP contribution in [-0.2, 0) is 11.4 Å². The van der Waals surface area contributed by atoms with Crippen molar-refractivity contribution in [3.63, 3.8) is 0 Å². The molecule has 3 aromatic rings. The molecule has 7 nitrogen and oxygen atoms in total. The van der Waals surface area contributed by atoms with E-state index < -0.39 is 0 Å². The van der Waals surface area contributed by atoms with Crippen molar-refractivity contribution in [2.45, 2.75) is 32.6 Å². The van der Waals surface area contributed by atoms with E-state index in [-0.39, 0.29) is 18.3 Å². The fourth-order valence-corrected chi connectivity index (χ4v) is 3.49. The number of anilines is 1.